The average molecular weight is 225 g/mol. The Bertz CT molecular complexity index is 306. The quantitative estimate of drug-likeness (QED) is 0.597. The van der Waals surface area contributed by atoms with Gasteiger partial charge in [0, 0.05) is 0 Å². The third kappa shape index (κ3) is 2.04. The molecule has 2 aliphatic rings. The van der Waals surface area contributed by atoms with Gasteiger partial charge in [0.05, 0.1) is 6.04 Å². The van der Waals surface area contributed by atoms with Crippen LogP contribution in [0.1, 0.15) is 26.2 Å². The fraction of sp³-hybridized carbons (Fsp3) is 0.818. The minimum absolute atomic E-state index is 0.0827. The van der Waals surface area contributed by atoms with E-state index in [1.165, 1.54) is 12.8 Å². The molecule has 0 bridgehead atoms. The van der Waals surface area contributed by atoms with Crippen LogP contribution in [0.25, 0.3) is 0 Å². The predicted octanol–water partition coefficient (Wildman–Crippen LogP) is -0.635. The lowest BCUT2D eigenvalue weighted by Crippen LogP contribution is -2.50. The van der Waals surface area contributed by atoms with Crippen molar-refractivity contribution in [3.05, 3.63) is 0 Å². The van der Waals surface area contributed by atoms with Gasteiger partial charge in [-0.05, 0) is 38.1 Å². The first kappa shape index (κ1) is 11.4. The van der Waals surface area contributed by atoms with Crippen LogP contribution in [-0.2, 0) is 9.59 Å². The molecule has 1 saturated carbocycles. The number of carbonyl (C=O) groups is 2. The third-order valence-electron chi connectivity index (χ3n) is 3.81. The summed E-state index contributed by atoms with van der Waals surface area (Å²) in [5.41, 5.74) is 5.12. The first-order chi connectivity index (χ1) is 7.59. The molecule has 0 aromatic rings. The molecular weight excluding hydrogens is 206 g/mol. The Morgan fingerprint density at radius 1 is 1.44 bits per heavy atom. The Balaban J connectivity index is 1.92. The van der Waals surface area contributed by atoms with Crippen LogP contribution in [0.3, 0.4) is 0 Å². The fourth-order valence-corrected chi connectivity index (χ4v) is 2.85. The van der Waals surface area contributed by atoms with Gasteiger partial charge < -0.3 is 16.4 Å². The summed E-state index contributed by atoms with van der Waals surface area (Å²) in [7, 11) is 0. The van der Waals surface area contributed by atoms with Crippen molar-refractivity contribution in [1.82, 2.24) is 10.6 Å². The van der Waals surface area contributed by atoms with Gasteiger partial charge in [0.15, 0.2) is 0 Å². The molecule has 4 N–H and O–H groups in total. The fourth-order valence-electron chi connectivity index (χ4n) is 2.85. The number of fused-ring (bicyclic) bond motifs is 1. The Hall–Kier alpha value is -1.10. The molecule has 1 saturated heterocycles. The zero-order chi connectivity index (χ0) is 11.7. The van der Waals surface area contributed by atoms with Gasteiger partial charge in [-0.25, -0.2) is 0 Å². The van der Waals surface area contributed by atoms with E-state index in [1.807, 2.05) is 0 Å². The van der Waals surface area contributed by atoms with Crippen molar-refractivity contribution in [1.29, 1.82) is 0 Å². The molecular formula is C11H19N3O2. The maximum Gasteiger partial charge on any atom is 0.239 e. The third-order valence-corrected chi connectivity index (χ3v) is 3.81. The molecule has 0 radical (unpaired) electrons. The maximum atomic E-state index is 11.9. The molecule has 5 nitrogen and oxygen atoms in total. The molecule has 0 spiro atoms. The number of nitrogens with one attached hydrogen (secondary N) is 2. The summed E-state index contributed by atoms with van der Waals surface area (Å²) in [6, 6.07) is -0.718. The second-order valence-electron chi connectivity index (χ2n) is 4.87. The number of carbonyl (C=O) groups excluding carboxylic acids is 2. The number of hydrogen-bond acceptors (Lipinski definition) is 3. The van der Waals surface area contributed by atoms with Gasteiger partial charge >= 0.3 is 0 Å². The molecule has 1 aliphatic carbocycles. The molecule has 5 heteroatoms. The van der Waals surface area contributed by atoms with Crippen molar-refractivity contribution in [2.45, 2.75) is 38.3 Å². The van der Waals surface area contributed by atoms with Crippen molar-refractivity contribution in [3.8, 4) is 0 Å². The van der Waals surface area contributed by atoms with Crippen LogP contribution in [0.2, 0.25) is 0 Å². The summed E-state index contributed by atoms with van der Waals surface area (Å²) >= 11 is 0. The highest BCUT2D eigenvalue weighted by molar-refractivity contribution is 5.89. The number of rotatable bonds is 3. The van der Waals surface area contributed by atoms with Crippen LogP contribution in [0.15, 0.2) is 0 Å². The second kappa shape index (κ2) is 4.41. The number of amides is 2. The minimum atomic E-state index is -0.588. The molecule has 2 fully saturated rings. The molecule has 0 aromatic carbocycles. The lowest BCUT2D eigenvalue weighted by atomic mass is 9.93. The predicted molar refractivity (Wildman–Crippen MR) is 59.4 cm³/mol. The molecule has 1 heterocycles. The smallest absolute Gasteiger partial charge is 0.239 e. The molecule has 90 valence electrons. The Labute approximate surface area is 95.1 Å². The van der Waals surface area contributed by atoms with E-state index in [0.717, 1.165) is 13.0 Å². The average Bonchev–Trinajstić information content (AvgIpc) is 2.77. The molecule has 2 rings (SSSR count). The highest BCUT2D eigenvalue weighted by Gasteiger charge is 2.42. The zero-order valence-electron chi connectivity index (χ0n) is 9.53. The second-order valence-corrected chi connectivity index (χ2v) is 4.87. The Morgan fingerprint density at radius 2 is 2.19 bits per heavy atom. The molecule has 4 unspecified atom stereocenters. The van der Waals surface area contributed by atoms with E-state index in [2.05, 4.69) is 10.6 Å². The van der Waals surface area contributed by atoms with Crippen molar-refractivity contribution in [2.75, 3.05) is 6.54 Å². The van der Waals surface area contributed by atoms with Crippen LogP contribution in [0.4, 0.5) is 0 Å². The van der Waals surface area contributed by atoms with Gasteiger partial charge in [-0.3, -0.25) is 9.59 Å². The monoisotopic (exact) mass is 225 g/mol. The highest BCUT2D eigenvalue weighted by atomic mass is 16.2. The largest absolute Gasteiger partial charge is 0.368 e. The van der Waals surface area contributed by atoms with Crippen molar-refractivity contribution in [3.63, 3.8) is 0 Å². The van der Waals surface area contributed by atoms with Crippen LogP contribution in [-0.4, -0.2) is 30.4 Å². The molecule has 4 atom stereocenters. The van der Waals surface area contributed by atoms with Gasteiger partial charge in [-0.1, -0.05) is 6.42 Å². The first-order valence-corrected chi connectivity index (χ1v) is 5.92. The van der Waals surface area contributed by atoms with E-state index in [9.17, 15) is 9.59 Å². The lowest BCUT2D eigenvalue weighted by molar-refractivity contribution is -0.128. The summed E-state index contributed by atoms with van der Waals surface area (Å²) in [5, 5.41) is 5.90. The molecule has 2 amide bonds. The van der Waals surface area contributed by atoms with E-state index >= 15 is 0 Å². The standard InChI is InChI=1S/C11H19N3O2/c1-6(10(12)15)14-11(16)9-8-4-2-3-7(8)5-13-9/h6-9,13H,2-5H2,1H3,(H2,12,15)(H,14,16). The summed E-state index contributed by atoms with van der Waals surface area (Å²) in [6.45, 7) is 2.54. The number of nitrogens with two attached hydrogens (primary N) is 1. The van der Waals surface area contributed by atoms with Crippen LogP contribution < -0.4 is 16.4 Å². The summed E-state index contributed by atoms with van der Waals surface area (Å²) in [6.07, 6.45) is 3.54. The molecule has 1 aliphatic heterocycles. The first-order valence-electron chi connectivity index (χ1n) is 5.92. The highest BCUT2D eigenvalue weighted by Crippen LogP contribution is 2.37. The van der Waals surface area contributed by atoms with E-state index in [1.54, 1.807) is 6.92 Å². The van der Waals surface area contributed by atoms with E-state index in [0.29, 0.717) is 11.8 Å². The van der Waals surface area contributed by atoms with Gasteiger partial charge in [-0.15, -0.1) is 0 Å². The topological polar surface area (TPSA) is 84.2 Å². The Kier molecular flexibility index (Phi) is 3.14. The van der Waals surface area contributed by atoms with Gasteiger partial charge in [0.25, 0.3) is 0 Å². The number of hydrogen-bond donors (Lipinski definition) is 3. The van der Waals surface area contributed by atoms with Crippen molar-refractivity contribution >= 4 is 11.8 Å². The van der Waals surface area contributed by atoms with Crippen LogP contribution in [0.5, 0.6) is 0 Å². The zero-order valence-corrected chi connectivity index (χ0v) is 9.53. The summed E-state index contributed by atoms with van der Waals surface area (Å²) in [4.78, 5) is 22.8. The van der Waals surface area contributed by atoms with Crippen LogP contribution >= 0.6 is 0 Å². The van der Waals surface area contributed by atoms with Gasteiger partial charge in [0.1, 0.15) is 6.04 Å². The molecule has 0 aromatic heterocycles. The van der Waals surface area contributed by atoms with Crippen LogP contribution in [0, 0.1) is 11.8 Å². The van der Waals surface area contributed by atoms with E-state index < -0.39 is 11.9 Å². The minimum Gasteiger partial charge on any atom is -0.368 e. The van der Waals surface area contributed by atoms with Crippen molar-refractivity contribution in [2.24, 2.45) is 17.6 Å². The summed E-state index contributed by atoms with van der Waals surface area (Å²) < 4.78 is 0. The number of primary amides is 1. The van der Waals surface area contributed by atoms with E-state index in [-0.39, 0.29) is 11.9 Å². The van der Waals surface area contributed by atoms with Gasteiger partial charge in [-0.2, -0.15) is 0 Å². The molecule has 16 heavy (non-hydrogen) atoms. The SMILES string of the molecule is CC(NC(=O)C1NCC2CCCC21)C(N)=O. The normalized spacial score (nSPS) is 34.4. The van der Waals surface area contributed by atoms with Crippen molar-refractivity contribution < 1.29 is 9.59 Å². The summed E-state index contributed by atoms with van der Waals surface area (Å²) in [5.74, 6) is 0.509. The maximum absolute atomic E-state index is 11.9. The Morgan fingerprint density at radius 3 is 2.88 bits per heavy atom. The van der Waals surface area contributed by atoms with E-state index in [4.69, 9.17) is 5.73 Å². The van der Waals surface area contributed by atoms with Gasteiger partial charge in [0.2, 0.25) is 11.8 Å². The lowest BCUT2D eigenvalue weighted by Gasteiger charge is -2.19.